The number of ether oxygens (including phenoxy) is 2. The molecule has 0 aromatic heterocycles. The minimum absolute atomic E-state index is 0. The Balaban J connectivity index is 0.00000161. The van der Waals surface area contributed by atoms with E-state index < -0.39 is 5.79 Å². The first-order valence-electron chi connectivity index (χ1n) is 7.09. The van der Waals surface area contributed by atoms with Gasteiger partial charge in [0.1, 0.15) is 0 Å². The third kappa shape index (κ3) is 3.37. The van der Waals surface area contributed by atoms with Gasteiger partial charge in [0, 0.05) is 25.1 Å². The van der Waals surface area contributed by atoms with Crippen LogP contribution in [0.15, 0.2) is 24.3 Å². The van der Waals surface area contributed by atoms with Crippen LogP contribution in [0.3, 0.4) is 0 Å². The van der Waals surface area contributed by atoms with Gasteiger partial charge >= 0.3 is 0 Å². The van der Waals surface area contributed by atoms with Crippen LogP contribution in [0.5, 0.6) is 0 Å². The fraction of sp³-hybridized carbons (Fsp3) is 0.533. The molecule has 2 saturated heterocycles. The molecule has 1 aromatic carbocycles. The van der Waals surface area contributed by atoms with E-state index in [4.69, 9.17) is 15.2 Å². The summed E-state index contributed by atoms with van der Waals surface area (Å²) < 4.78 is 11.4. The van der Waals surface area contributed by atoms with Gasteiger partial charge in [-0.25, -0.2) is 0 Å². The lowest BCUT2D eigenvalue weighted by atomic mass is 10.0. The second-order valence-corrected chi connectivity index (χ2v) is 5.34. The minimum atomic E-state index is -0.564. The van der Waals surface area contributed by atoms with Gasteiger partial charge < -0.3 is 20.1 Å². The van der Waals surface area contributed by atoms with E-state index in [-0.39, 0.29) is 18.3 Å². The highest BCUT2D eigenvalue weighted by molar-refractivity contribution is 5.94. The van der Waals surface area contributed by atoms with Gasteiger partial charge in [0.2, 0.25) is 0 Å². The van der Waals surface area contributed by atoms with Crippen LogP contribution in [0.4, 0.5) is 0 Å². The van der Waals surface area contributed by atoms with E-state index in [2.05, 4.69) is 0 Å². The maximum Gasteiger partial charge on any atom is 0.254 e. The molecule has 2 fully saturated rings. The van der Waals surface area contributed by atoms with Crippen LogP contribution in [-0.2, 0) is 16.0 Å². The number of halogens is 1. The summed E-state index contributed by atoms with van der Waals surface area (Å²) in [7, 11) is 0. The van der Waals surface area contributed by atoms with Crippen LogP contribution in [0, 0.1) is 0 Å². The summed E-state index contributed by atoms with van der Waals surface area (Å²) in [6.45, 7) is 3.00. The van der Waals surface area contributed by atoms with Crippen LogP contribution in [0.25, 0.3) is 0 Å². The summed E-state index contributed by atoms with van der Waals surface area (Å²) in [6, 6.07) is 7.47. The standard InChI is InChI=1S/C15H20N2O3.ClH/c16-10-12-2-4-13(5-3-12)14(18)17-7-1-6-15(11-17)19-8-9-20-15;/h2-5H,1,6-11,16H2;1H. The summed E-state index contributed by atoms with van der Waals surface area (Å²) in [5, 5.41) is 0. The molecule has 0 aliphatic carbocycles. The molecule has 21 heavy (non-hydrogen) atoms. The second kappa shape index (κ2) is 6.75. The lowest BCUT2D eigenvalue weighted by Gasteiger charge is -2.38. The molecule has 0 unspecified atom stereocenters. The zero-order valence-electron chi connectivity index (χ0n) is 11.9. The molecular weight excluding hydrogens is 292 g/mol. The molecule has 116 valence electrons. The average molecular weight is 313 g/mol. The monoisotopic (exact) mass is 312 g/mol. The van der Waals surface area contributed by atoms with E-state index in [1.54, 1.807) is 0 Å². The highest BCUT2D eigenvalue weighted by Crippen LogP contribution is 2.30. The maximum atomic E-state index is 12.5. The fourth-order valence-electron chi connectivity index (χ4n) is 2.86. The molecule has 1 amide bonds. The minimum Gasteiger partial charge on any atom is -0.346 e. The molecule has 2 aliphatic rings. The van der Waals surface area contributed by atoms with Crippen LogP contribution in [0.2, 0.25) is 0 Å². The summed E-state index contributed by atoms with van der Waals surface area (Å²) in [5.74, 6) is -0.530. The SMILES string of the molecule is Cl.NCc1ccc(C(=O)N2CCCC3(C2)OCCO3)cc1. The molecule has 2 heterocycles. The Labute approximate surface area is 130 Å². The molecule has 1 aromatic rings. The number of carbonyl (C=O) groups excluding carboxylic acids is 1. The first-order chi connectivity index (χ1) is 9.72. The Kier molecular flexibility index (Phi) is 5.22. The number of piperidine rings is 1. The Hall–Kier alpha value is -1.14. The Morgan fingerprint density at radius 1 is 1.24 bits per heavy atom. The summed E-state index contributed by atoms with van der Waals surface area (Å²) in [6.07, 6.45) is 1.77. The smallest absolute Gasteiger partial charge is 0.254 e. The van der Waals surface area contributed by atoms with Crippen molar-refractivity contribution in [2.45, 2.75) is 25.2 Å². The fourth-order valence-corrected chi connectivity index (χ4v) is 2.86. The number of carbonyl (C=O) groups is 1. The summed E-state index contributed by atoms with van der Waals surface area (Å²) in [5.41, 5.74) is 7.29. The van der Waals surface area contributed by atoms with Crippen molar-refractivity contribution in [3.05, 3.63) is 35.4 Å². The number of hydrogen-bond acceptors (Lipinski definition) is 4. The summed E-state index contributed by atoms with van der Waals surface area (Å²) in [4.78, 5) is 14.3. The normalized spacial score (nSPS) is 20.3. The highest BCUT2D eigenvalue weighted by atomic mass is 35.5. The number of nitrogens with two attached hydrogens (primary N) is 1. The van der Waals surface area contributed by atoms with Gasteiger partial charge in [-0.1, -0.05) is 12.1 Å². The topological polar surface area (TPSA) is 64.8 Å². The summed E-state index contributed by atoms with van der Waals surface area (Å²) >= 11 is 0. The number of hydrogen-bond donors (Lipinski definition) is 1. The number of benzene rings is 1. The van der Waals surface area contributed by atoms with Gasteiger partial charge in [-0.2, -0.15) is 0 Å². The van der Waals surface area contributed by atoms with Crippen molar-refractivity contribution < 1.29 is 14.3 Å². The molecule has 2 N–H and O–H groups in total. The van der Waals surface area contributed by atoms with Crippen LogP contribution < -0.4 is 5.73 Å². The van der Waals surface area contributed by atoms with Crippen LogP contribution >= 0.6 is 12.4 Å². The van der Waals surface area contributed by atoms with Crippen molar-refractivity contribution >= 4 is 18.3 Å². The van der Waals surface area contributed by atoms with Crippen LogP contribution in [0.1, 0.15) is 28.8 Å². The largest absolute Gasteiger partial charge is 0.346 e. The van der Waals surface area contributed by atoms with Gasteiger partial charge in [-0.05, 0) is 24.1 Å². The zero-order chi connectivity index (χ0) is 14.0. The molecule has 0 saturated carbocycles. The maximum absolute atomic E-state index is 12.5. The lowest BCUT2D eigenvalue weighted by molar-refractivity contribution is -0.183. The molecular formula is C15H21ClN2O3. The number of rotatable bonds is 2. The second-order valence-electron chi connectivity index (χ2n) is 5.34. The van der Waals surface area contributed by atoms with Crippen molar-refractivity contribution in [3.63, 3.8) is 0 Å². The first kappa shape index (κ1) is 16.2. The van der Waals surface area contributed by atoms with Gasteiger partial charge in [-0.15, -0.1) is 12.4 Å². The predicted molar refractivity (Wildman–Crippen MR) is 81.4 cm³/mol. The van der Waals surface area contributed by atoms with Crippen LogP contribution in [-0.4, -0.2) is 42.9 Å². The van der Waals surface area contributed by atoms with Crippen molar-refractivity contribution in [2.75, 3.05) is 26.3 Å². The zero-order valence-corrected chi connectivity index (χ0v) is 12.7. The highest BCUT2D eigenvalue weighted by Gasteiger charge is 2.42. The third-order valence-corrected chi connectivity index (χ3v) is 3.95. The van der Waals surface area contributed by atoms with E-state index in [1.807, 2.05) is 29.2 Å². The quantitative estimate of drug-likeness (QED) is 0.900. The lowest BCUT2D eigenvalue weighted by Crippen LogP contribution is -2.51. The Bertz CT molecular complexity index is 486. The van der Waals surface area contributed by atoms with E-state index >= 15 is 0 Å². The van der Waals surface area contributed by atoms with E-state index in [9.17, 15) is 4.79 Å². The van der Waals surface area contributed by atoms with Crippen molar-refractivity contribution in [1.29, 1.82) is 0 Å². The van der Waals surface area contributed by atoms with Crippen molar-refractivity contribution in [3.8, 4) is 0 Å². The predicted octanol–water partition coefficient (Wildman–Crippen LogP) is 1.55. The van der Waals surface area contributed by atoms with Crippen molar-refractivity contribution in [2.24, 2.45) is 5.73 Å². The molecule has 1 spiro atoms. The van der Waals surface area contributed by atoms with Gasteiger partial charge in [-0.3, -0.25) is 4.79 Å². The molecule has 6 heteroatoms. The van der Waals surface area contributed by atoms with E-state index in [0.717, 1.165) is 24.9 Å². The van der Waals surface area contributed by atoms with E-state index in [0.29, 0.717) is 31.9 Å². The first-order valence-corrected chi connectivity index (χ1v) is 7.09. The van der Waals surface area contributed by atoms with Gasteiger partial charge in [0.05, 0.1) is 19.8 Å². The molecule has 0 radical (unpaired) electrons. The number of amides is 1. The number of nitrogens with zero attached hydrogens (tertiary/aromatic N) is 1. The third-order valence-electron chi connectivity index (χ3n) is 3.95. The molecule has 0 atom stereocenters. The Morgan fingerprint density at radius 2 is 1.90 bits per heavy atom. The Morgan fingerprint density at radius 3 is 2.52 bits per heavy atom. The molecule has 0 bridgehead atoms. The van der Waals surface area contributed by atoms with Gasteiger partial charge in [0.25, 0.3) is 5.91 Å². The van der Waals surface area contributed by atoms with E-state index in [1.165, 1.54) is 0 Å². The molecule has 5 nitrogen and oxygen atoms in total. The van der Waals surface area contributed by atoms with Gasteiger partial charge in [0.15, 0.2) is 5.79 Å². The van der Waals surface area contributed by atoms with Crippen molar-refractivity contribution in [1.82, 2.24) is 4.90 Å². The average Bonchev–Trinajstić information content (AvgIpc) is 2.94. The molecule has 3 rings (SSSR count). The molecule has 2 aliphatic heterocycles. The number of likely N-dealkylation sites (tertiary alicyclic amines) is 1.